The van der Waals surface area contributed by atoms with Crippen molar-refractivity contribution in [2.24, 2.45) is 0 Å². The molecule has 4 amide bonds. The van der Waals surface area contributed by atoms with E-state index < -0.39 is 35.5 Å². The summed E-state index contributed by atoms with van der Waals surface area (Å²) in [7, 11) is 0. The molecule has 5 N–H and O–H groups in total. The Bertz CT molecular complexity index is 3070. The van der Waals surface area contributed by atoms with Gasteiger partial charge in [0.2, 0.25) is 0 Å². The number of urea groups is 2. The molecule has 2 aromatic heterocycles. The molecular weight excluding hydrogens is 953 g/mol. The summed E-state index contributed by atoms with van der Waals surface area (Å²) in [5, 5.41) is 23.0. The molecule has 0 spiro atoms. The lowest BCUT2D eigenvalue weighted by atomic mass is 10.0. The van der Waals surface area contributed by atoms with Gasteiger partial charge in [0, 0.05) is 52.4 Å². The third-order valence-electron chi connectivity index (χ3n) is 11.9. The van der Waals surface area contributed by atoms with Crippen molar-refractivity contribution < 1.29 is 41.0 Å². The van der Waals surface area contributed by atoms with Crippen molar-refractivity contribution in [3.05, 3.63) is 179 Å². The second-order valence-corrected chi connectivity index (χ2v) is 18.3. The molecule has 0 radical (unpaired) electrons. The second kappa shape index (κ2) is 21.9. The van der Waals surface area contributed by atoms with Crippen LogP contribution in [0.1, 0.15) is 40.1 Å². The molecule has 0 aliphatic carbocycles. The minimum absolute atomic E-state index is 0.0147. The number of fused-ring (bicyclic) bond motifs is 2. The summed E-state index contributed by atoms with van der Waals surface area (Å²) in [6.07, 6.45) is -6.38. The van der Waals surface area contributed by atoms with E-state index in [4.69, 9.17) is 9.97 Å². The Labute approximate surface area is 415 Å². The lowest BCUT2D eigenvalue weighted by Crippen LogP contribution is -2.38. The number of carbonyl (C=O) groups excluding carboxylic acids is 2. The van der Waals surface area contributed by atoms with Crippen molar-refractivity contribution in [1.82, 2.24) is 14.9 Å². The fourth-order valence-corrected chi connectivity index (χ4v) is 9.02. The maximum absolute atomic E-state index is 13.4. The molecule has 0 saturated heterocycles. The molecule has 0 unspecified atom stereocenters. The van der Waals surface area contributed by atoms with Gasteiger partial charge >= 0.3 is 24.4 Å². The number of anilines is 4. The highest BCUT2D eigenvalue weighted by atomic mass is 32.2. The van der Waals surface area contributed by atoms with Crippen LogP contribution in [0, 0.1) is 13.8 Å². The number of alkyl halides is 6. The van der Waals surface area contributed by atoms with Gasteiger partial charge < -0.3 is 26.4 Å². The third-order valence-corrected chi connectivity index (χ3v) is 12.5. The Morgan fingerprint density at radius 1 is 0.583 bits per heavy atom. The summed E-state index contributed by atoms with van der Waals surface area (Å²) in [6.45, 7) is 3.79. The molecule has 0 aliphatic rings. The highest BCUT2D eigenvalue weighted by Gasteiger charge is 2.32. The van der Waals surface area contributed by atoms with Crippen molar-refractivity contribution in [3.63, 3.8) is 0 Å². The third kappa shape index (κ3) is 12.7. The molecule has 0 bridgehead atoms. The Hall–Kier alpha value is -7.47. The summed E-state index contributed by atoms with van der Waals surface area (Å²) >= 11 is 1.69. The number of nitrogens with zero attached hydrogens (tertiary/aromatic N) is 3. The zero-order valence-corrected chi connectivity index (χ0v) is 40.1. The molecule has 8 rings (SSSR count). The summed E-state index contributed by atoms with van der Waals surface area (Å²) in [5.41, 5.74) is 5.90. The Morgan fingerprint density at radius 2 is 1.03 bits per heavy atom. The summed E-state index contributed by atoms with van der Waals surface area (Å²) in [5.74, 6) is 0.829. The minimum atomic E-state index is -4.56. The van der Waals surface area contributed by atoms with Crippen molar-refractivity contribution >= 4 is 68.4 Å². The molecule has 8 aromatic rings. The van der Waals surface area contributed by atoms with Crippen LogP contribution >= 0.6 is 11.8 Å². The first-order chi connectivity index (χ1) is 34.4. The van der Waals surface area contributed by atoms with Crippen molar-refractivity contribution in [3.8, 4) is 22.3 Å². The van der Waals surface area contributed by atoms with Gasteiger partial charge in [-0.2, -0.15) is 38.1 Å². The summed E-state index contributed by atoms with van der Waals surface area (Å²) in [6, 6.07) is 38.7. The first-order valence-corrected chi connectivity index (χ1v) is 24.2. The van der Waals surface area contributed by atoms with E-state index in [9.17, 15) is 41.0 Å². The molecular formula is C55H49F6N7O3S. The van der Waals surface area contributed by atoms with Crippen LogP contribution in [-0.4, -0.2) is 56.7 Å². The lowest BCUT2D eigenvalue weighted by Gasteiger charge is -2.30. The molecule has 0 saturated carbocycles. The average molecular weight is 1000 g/mol. The molecule has 10 nitrogen and oxygen atoms in total. The van der Waals surface area contributed by atoms with Gasteiger partial charge in [0.15, 0.2) is 0 Å². The number of rotatable bonds is 15. The van der Waals surface area contributed by atoms with Crippen LogP contribution in [0.2, 0.25) is 0 Å². The fraction of sp³-hybridized carbons (Fsp3) is 0.200. The van der Waals surface area contributed by atoms with E-state index in [2.05, 4.69) is 26.2 Å². The fourth-order valence-electron chi connectivity index (χ4n) is 8.52. The number of para-hydroxylation sites is 2. The van der Waals surface area contributed by atoms with Gasteiger partial charge in [-0.05, 0) is 139 Å². The van der Waals surface area contributed by atoms with Crippen LogP contribution in [0.25, 0.3) is 44.1 Å². The highest BCUT2D eigenvalue weighted by Crippen LogP contribution is 2.36. The number of carbonyl (C=O) groups is 2. The van der Waals surface area contributed by atoms with Crippen LogP contribution < -0.4 is 21.3 Å². The van der Waals surface area contributed by atoms with Crippen LogP contribution in [-0.2, 0) is 25.4 Å². The minimum Gasteiger partial charge on any atom is -0.395 e. The molecule has 1 atom stereocenters. The van der Waals surface area contributed by atoms with Gasteiger partial charge in [-0.25, -0.2) is 9.59 Å². The number of hydrogen-bond donors (Lipinski definition) is 5. The van der Waals surface area contributed by atoms with Gasteiger partial charge in [-0.1, -0.05) is 60.7 Å². The predicted octanol–water partition coefficient (Wildman–Crippen LogP) is 14.2. The van der Waals surface area contributed by atoms with E-state index in [0.29, 0.717) is 46.7 Å². The SMILES string of the molecule is CSCC[C@@H](CO)N(Cc1ccc2cc(-c3ccccc3NC(=O)Nc3cc(C)cc(C(F)(F)F)c3)ccc2n1)Cc1ccc2cc(-c3ccccc3NC(=O)Nc3cc(C)cc(C(F)(F)F)c3)ccc2n1. The molecule has 0 fully saturated rings. The monoisotopic (exact) mass is 1000 g/mol. The number of aromatic nitrogens is 2. The van der Waals surface area contributed by atoms with E-state index >= 15 is 0 Å². The molecule has 6 aromatic carbocycles. The zero-order chi connectivity index (χ0) is 51.2. The van der Waals surface area contributed by atoms with Crippen molar-refractivity contribution in [2.45, 2.75) is 51.8 Å². The number of thioether (sulfide) groups is 1. The van der Waals surface area contributed by atoms with Crippen molar-refractivity contribution in [1.29, 1.82) is 0 Å². The topological polar surface area (TPSA) is 132 Å². The smallest absolute Gasteiger partial charge is 0.395 e. The molecule has 17 heteroatoms. The predicted molar refractivity (Wildman–Crippen MR) is 275 cm³/mol. The number of hydrogen-bond acceptors (Lipinski definition) is 7. The molecule has 370 valence electrons. The van der Waals surface area contributed by atoms with Gasteiger partial charge in [-0.15, -0.1) is 0 Å². The number of halogens is 6. The number of aryl methyl sites for hydroxylation is 2. The highest BCUT2D eigenvalue weighted by molar-refractivity contribution is 7.98. The maximum atomic E-state index is 13.4. The Balaban J connectivity index is 0.975. The van der Waals surface area contributed by atoms with Crippen molar-refractivity contribution in [2.75, 3.05) is 39.9 Å². The van der Waals surface area contributed by atoms with Crippen LogP contribution in [0.15, 0.2) is 146 Å². The number of pyridine rings is 2. The van der Waals surface area contributed by atoms with E-state index in [-0.39, 0.29) is 24.0 Å². The van der Waals surface area contributed by atoms with E-state index in [1.807, 2.05) is 91.2 Å². The van der Waals surface area contributed by atoms with Gasteiger partial charge in [0.05, 0.1) is 51.5 Å². The molecule has 0 aliphatic heterocycles. The number of nitrogens with one attached hydrogen (secondary N) is 4. The molecule has 2 heterocycles. The van der Waals surface area contributed by atoms with E-state index in [0.717, 1.165) is 80.8 Å². The molecule has 72 heavy (non-hydrogen) atoms. The van der Waals surface area contributed by atoms with Gasteiger partial charge in [0.1, 0.15) is 0 Å². The summed E-state index contributed by atoms with van der Waals surface area (Å²) < 4.78 is 80.7. The van der Waals surface area contributed by atoms with E-state index in [1.54, 1.807) is 36.0 Å². The van der Waals surface area contributed by atoms with Crippen LogP contribution in [0.4, 0.5) is 58.7 Å². The standard InChI is InChI=1S/C55H49F6N7O3S/c1-33-22-39(54(56,57)58)28-43(24-33)64-52(70)66-50-10-6-4-8-46(50)35-14-18-48-37(26-35)12-16-41(62-48)30-68(45(32-69)20-21-72-3)31-42-17-13-38-27-36(15-19-49(38)63-42)47-9-5-7-11-51(47)67-53(71)65-44-25-34(2)23-40(29-44)55(59,60)61/h4-19,22-29,45,69H,20-21,30-32H2,1-3H3,(H2,64,66,70)(H2,65,67,71)/t45-/m0/s1. The zero-order valence-electron chi connectivity index (χ0n) is 39.3. The second-order valence-electron chi connectivity index (χ2n) is 17.4. The summed E-state index contributed by atoms with van der Waals surface area (Å²) in [4.78, 5) is 38.3. The lowest BCUT2D eigenvalue weighted by molar-refractivity contribution is -0.138. The Morgan fingerprint density at radius 3 is 1.44 bits per heavy atom. The number of amides is 4. The first-order valence-electron chi connectivity index (χ1n) is 22.8. The van der Waals surface area contributed by atoms with Gasteiger partial charge in [-0.3, -0.25) is 14.9 Å². The average Bonchev–Trinajstić information content (AvgIpc) is 3.33. The first kappa shape index (κ1) is 50.9. The Kier molecular flexibility index (Phi) is 15.5. The maximum Gasteiger partial charge on any atom is 0.416 e. The largest absolute Gasteiger partial charge is 0.416 e. The normalized spacial score (nSPS) is 12.3. The van der Waals surface area contributed by atoms with Crippen LogP contribution in [0.3, 0.4) is 0 Å². The quantitative estimate of drug-likeness (QED) is 0.0646. The van der Waals surface area contributed by atoms with Gasteiger partial charge in [0.25, 0.3) is 0 Å². The number of benzene rings is 6. The number of aliphatic hydroxyl groups excluding tert-OH is 1. The number of aliphatic hydroxyl groups is 1. The van der Waals surface area contributed by atoms with Crippen LogP contribution in [0.5, 0.6) is 0 Å². The van der Waals surface area contributed by atoms with E-state index in [1.165, 1.54) is 26.0 Å².